The Kier molecular flexibility index (Phi) is 6.09. The summed E-state index contributed by atoms with van der Waals surface area (Å²) in [6, 6.07) is 4.11. The number of aromatic nitrogens is 3. The van der Waals surface area contributed by atoms with Crippen LogP contribution in [0.1, 0.15) is 31.1 Å². The van der Waals surface area contributed by atoms with E-state index in [1.165, 1.54) is 12.7 Å². The molecule has 5 atom stereocenters. The minimum Gasteiger partial charge on any atom is -0.388 e. The molecule has 3 aliphatic rings. The van der Waals surface area contributed by atoms with Crippen molar-refractivity contribution in [3.63, 3.8) is 0 Å². The van der Waals surface area contributed by atoms with Crippen molar-refractivity contribution < 1.29 is 19.7 Å². The molecular formula is C21H32N6O4. The quantitative estimate of drug-likeness (QED) is 0.563. The second kappa shape index (κ2) is 8.97. The molecule has 10 nitrogen and oxygen atoms in total. The molecule has 2 aromatic heterocycles. The minimum atomic E-state index is -1.02. The zero-order valence-corrected chi connectivity index (χ0v) is 17.7. The monoisotopic (exact) mass is 432 g/mol. The number of ether oxygens (including phenoxy) is 2. The third-order valence-electron chi connectivity index (χ3n) is 6.96. The number of nitrogens with two attached hydrogens (primary N) is 1. The van der Waals surface area contributed by atoms with Crippen molar-refractivity contribution in [3.05, 3.63) is 24.2 Å². The standard InChI is InChI=1S/C21H32N6O4/c22-21-16-4-3-15(27(16)24-13-23-21)20-19(29)18(28)17(31-20)12-26-6-1-2-14(26)5-7-25-8-10-30-11-9-25/h3-4,13-14,17-20,28-29H,1-2,5-12H2,(H2,22,23,24)/t14-,17+,18+,19+,20-/m0/s1. The molecule has 5 rings (SSSR count). The number of hydrogen-bond acceptors (Lipinski definition) is 9. The zero-order chi connectivity index (χ0) is 21.4. The maximum absolute atomic E-state index is 10.7. The Morgan fingerprint density at radius 3 is 2.81 bits per heavy atom. The number of nitrogen functional groups attached to an aromatic ring is 1. The van der Waals surface area contributed by atoms with Crippen molar-refractivity contribution in [2.45, 2.75) is 49.7 Å². The molecule has 170 valence electrons. The second-order valence-corrected chi connectivity index (χ2v) is 8.81. The SMILES string of the molecule is Nc1ncnn2c([C@@H]3O[C@H](CN4CCC[C@H]4CCN4CCOCC4)[C@@H](O)[C@H]3O)ccc12. The molecule has 0 amide bonds. The maximum atomic E-state index is 10.7. The number of anilines is 1. The Balaban J connectivity index is 1.23. The lowest BCUT2D eigenvalue weighted by molar-refractivity contribution is -0.0175. The summed E-state index contributed by atoms with van der Waals surface area (Å²) in [4.78, 5) is 8.88. The minimum absolute atomic E-state index is 0.367. The first-order valence-electron chi connectivity index (χ1n) is 11.3. The molecule has 2 aromatic rings. The van der Waals surface area contributed by atoms with E-state index in [0.29, 0.717) is 29.6 Å². The predicted molar refractivity (Wildman–Crippen MR) is 113 cm³/mol. The van der Waals surface area contributed by atoms with E-state index in [-0.39, 0.29) is 0 Å². The Morgan fingerprint density at radius 2 is 1.97 bits per heavy atom. The fourth-order valence-electron chi connectivity index (χ4n) is 5.18. The van der Waals surface area contributed by atoms with E-state index in [9.17, 15) is 10.2 Å². The van der Waals surface area contributed by atoms with E-state index < -0.39 is 24.4 Å². The highest BCUT2D eigenvalue weighted by molar-refractivity contribution is 5.65. The molecule has 0 aromatic carbocycles. The lowest BCUT2D eigenvalue weighted by atomic mass is 10.0. The van der Waals surface area contributed by atoms with Gasteiger partial charge in [0.05, 0.1) is 25.0 Å². The second-order valence-electron chi connectivity index (χ2n) is 8.81. The summed E-state index contributed by atoms with van der Waals surface area (Å²) in [5.41, 5.74) is 7.25. The predicted octanol–water partition coefficient (Wildman–Crippen LogP) is -0.340. The molecule has 3 aliphatic heterocycles. The molecular weight excluding hydrogens is 400 g/mol. The largest absolute Gasteiger partial charge is 0.388 e. The fourth-order valence-corrected chi connectivity index (χ4v) is 5.18. The zero-order valence-electron chi connectivity index (χ0n) is 17.7. The first kappa shape index (κ1) is 21.0. The molecule has 5 heterocycles. The number of nitrogens with zero attached hydrogens (tertiary/aromatic N) is 5. The summed E-state index contributed by atoms with van der Waals surface area (Å²) in [7, 11) is 0. The van der Waals surface area contributed by atoms with E-state index in [1.54, 1.807) is 4.52 Å². The normalized spacial score (nSPS) is 32.9. The van der Waals surface area contributed by atoms with Crippen LogP contribution in [0.5, 0.6) is 0 Å². The van der Waals surface area contributed by atoms with Gasteiger partial charge >= 0.3 is 0 Å². The van der Waals surface area contributed by atoms with Crippen LogP contribution >= 0.6 is 0 Å². The third kappa shape index (κ3) is 4.15. The van der Waals surface area contributed by atoms with Gasteiger partial charge in [0.25, 0.3) is 0 Å². The van der Waals surface area contributed by atoms with Gasteiger partial charge in [-0.25, -0.2) is 9.50 Å². The Morgan fingerprint density at radius 1 is 1.13 bits per heavy atom. The number of fused-ring (bicyclic) bond motifs is 1. The highest BCUT2D eigenvalue weighted by atomic mass is 16.5. The first-order chi connectivity index (χ1) is 15.1. The van der Waals surface area contributed by atoms with Crippen LogP contribution in [0, 0.1) is 0 Å². The lowest BCUT2D eigenvalue weighted by Gasteiger charge is -2.31. The van der Waals surface area contributed by atoms with Crippen molar-refractivity contribution in [3.8, 4) is 0 Å². The molecule has 31 heavy (non-hydrogen) atoms. The van der Waals surface area contributed by atoms with E-state index in [2.05, 4.69) is 19.9 Å². The molecule has 0 saturated carbocycles. The van der Waals surface area contributed by atoms with Gasteiger partial charge in [0, 0.05) is 25.7 Å². The van der Waals surface area contributed by atoms with Gasteiger partial charge in [-0.2, -0.15) is 5.10 Å². The summed E-state index contributed by atoms with van der Waals surface area (Å²) in [5, 5.41) is 25.7. The van der Waals surface area contributed by atoms with Crippen molar-refractivity contribution in [2.75, 3.05) is 51.7 Å². The van der Waals surface area contributed by atoms with Gasteiger partial charge in [0.2, 0.25) is 0 Å². The maximum Gasteiger partial charge on any atom is 0.151 e. The van der Waals surface area contributed by atoms with Crippen LogP contribution in [0.25, 0.3) is 5.52 Å². The topological polar surface area (TPSA) is 122 Å². The Labute approximate surface area is 181 Å². The van der Waals surface area contributed by atoms with Crippen LogP contribution in [0.2, 0.25) is 0 Å². The molecule has 0 aliphatic carbocycles. The Bertz CT molecular complexity index is 888. The van der Waals surface area contributed by atoms with E-state index in [0.717, 1.165) is 52.2 Å². The fraction of sp³-hybridized carbons (Fsp3) is 0.714. The van der Waals surface area contributed by atoms with Crippen LogP contribution in [-0.4, -0.2) is 105 Å². The molecule has 4 N–H and O–H groups in total. The van der Waals surface area contributed by atoms with Crippen molar-refractivity contribution >= 4 is 11.3 Å². The molecule has 10 heteroatoms. The molecule has 3 saturated heterocycles. The van der Waals surface area contributed by atoms with Gasteiger partial charge in [0.1, 0.15) is 30.2 Å². The van der Waals surface area contributed by atoms with E-state index >= 15 is 0 Å². The van der Waals surface area contributed by atoms with Gasteiger partial charge < -0.3 is 25.4 Å². The van der Waals surface area contributed by atoms with Gasteiger partial charge in [-0.05, 0) is 44.5 Å². The lowest BCUT2D eigenvalue weighted by Crippen LogP contribution is -2.44. The van der Waals surface area contributed by atoms with Gasteiger partial charge in [0.15, 0.2) is 5.82 Å². The number of likely N-dealkylation sites (tertiary alicyclic amines) is 1. The van der Waals surface area contributed by atoms with Crippen LogP contribution in [0.4, 0.5) is 5.82 Å². The van der Waals surface area contributed by atoms with E-state index in [4.69, 9.17) is 15.2 Å². The number of aliphatic hydroxyl groups excluding tert-OH is 2. The first-order valence-corrected chi connectivity index (χ1v) is 11.3. The molecule has 0 radical (unpaired) electrons. The molecule has 3 fully saturated rings. The Hall–Kier alpha value is -1.82. The smallest absolute Gasteiger partial charge is 0.151 e. The van der Waals surface area contributed by atoms with Crippen molar-refractivity contribution in [2.24, 2.45) is 0 Å². The third-order valence-corrected chi connectivity index (χ3v) is 6.96. The van der Waals surface area contributed by atoms with Crippen LogP contribution in [0.3, 0.4) is 0 Å². The number of aliphatic hydroxyl groups is 2. The van der Waals surface area contributed by atoms with Crippen molar-refractivity contribution in [1.82, 2.24) is 24.4 Å². The molecule has 0 spiro atoms. The summed E-state index contributed by atoms with van der Waals surface area (Å²) in [5.74, 6) is 0.367. The van der Waals surface area contributed by atoms with Crippen molar-refractivity contribution in [1.29, 1.82) is 0 Å². The van der Waals surface area contributed by atoms with Gasteiger partial charge in [-0.3, -0.25) is 9.80 Å². The van der Waals surface area contributed by atoms with Gasteiger partial charge in [-0.15, -0.1) is 0 Å². The highest BCUT2D eigenvalue weighted by Gasteiger charge is 2.46. The number of rotatable bonds is 6. The molecule has 0 bridgehead atoms. The summed E-state index contributed by atoms with van der Waals surface area (Å²) in [6.45, 7) is 6.33. The van der Waals surface area contributed by atoms with Crippen LogP contribution in [0.15, 0.2) is 18.5 Å². The van der Waals surface area contributed by atoms with Crippen LogP contribution < -0.4 is 5.73 Å². The summed E-state index contributed by atoms with van der Waals surface area (Å²) >= 11 is 0. The van der Waals surface area contributed by atoms with Gasteiger partial charge in [-0.1, -0.05) is 0 Å². The summed E-state index contributed by atoms with van der Waals surface area (Å²) < 4.78 is 13.3. The average molecular weight is 433 g/mol. The van der Waals surface area contributed by atoms with E-state index in [1.807, 2.05) is 12.1 Å². The number of morpholine rings is 1. The highest BCUT2D eigenvalue weighted by Crippen LogP contribution is 2.36. The average Bonchev–Trinajstić information content (AvgIpc) is 3.48. The number of hydrogen-bond donors (Lipinski definition) is 3. The summed E-state index contributed by atoms with van der Waals surface area (Å²) in [6.07, 6.45) is 1.73. The molecule has 0 unspecified atom stereocenters. The van der Waals surface area contributed by atoms with Crippen LogP contribution in [-0.2, 0) is 9.47 Å².